The number of allylic oxidation sites excluding steroid dienone is 1. The fraction of sp³-hybridized carbons (Fsp3) is 0.533. The Bertz CT molecular complexity index is 358. The first-order valence-corrected chi connectivity index (χ1v) is 6.88. The van der Waals surface area contributed by atoms with Crippen LogP contribution in [0, 0.1) is 25.7 Å². The van der Waals surface area contributed by atoms with E-state index < -0.39 is 0 Å². The van der Waals surface area contributed by atoms with E-state index in [1.54, 1.807) is 11.3 Å². The zero-order valence-corrected chi connectivity index (χ0v) is 12.2. The van der Waals surface area contributed by atoms with Crippen molar-refractivity contribution >= 4 is 17.4 Å². The van der Waals surface area contributed by atoms with Gasteiger partial charge in [0, 0.05) is 5.38 Å². The van der Waals surface area contributed by atoms with E-state index in [-0.39, 0.29) is 0 Å². The fourth-order valence-corrected chi connectivity index (χ4v) is 2.13. The molecule has 1 rings (SSSR count). The minimum Gasteiger partial charge on any atom is -0.242 e. The molecule has 0 unspecified atom stereocenters. The predicted octanol–water partition coefficient (Wildman–Crippen LogP) is 4.93. The van der Waals surface area contributed by atoms with Crippen LogP contribution in [0.4, 0.5) is 0 Å². The molecule has 94 valence electrons. The van der Waals surface area contributed by atoms with Crippen molar-refractivity contribution in [2.45, 2.75) is 47.0 Å². The van der Waals surface area contributed by atoms with E-state index in [9.17, 15) is 0 Å². The molecule has 0 saturated carbocycles. The van der Waals surface area contributed by atoms with Gasteiger partial charge < -0.3 is 0 Å². The summed E-state index contributed by atoms with van der Waals surface area (Å²) in [7, 11) is 0. The molecule has 17 heavy (non-hydrogen) atoms. The van der Waals surface area contributed by atoms with Gasteiger partial charge in [-0.25, -0.2) is 4.98 Å². The normalized spacial score (nSPS) is 11.1. The van der Waals surface area contributed by atoms with E-state index in [0.717, 1.165) is 16.6 Å². The van der Waals surface area contributed by atoms with Crippen LogP contribution in [0.15, 0.2) is 11.0 Å². The zero-order chi connectivity index (χ0) is 13.3. The SMILES string of the molecule is C#C.C/C(=C\c1csc(C)n1)CCCC(C)C. The lowest BCUT2D eigenvalue weighted by Crippen LogP contribution is -1.87. The third-order valence-corrected chi connectivity index (χ3v) is 3.18. The number of aromatic nitrogens is 1. The van der Waals surface area contributed by atoms with Crippen LogP contribution >= 0.6 is 11.3 Å². The molecule has 0 spiro atoms. The van der Waals surface area contributed by atoms with Crippen LogP contribution in [-0.4, -0.2) is 4.98 Å². The minimum atomic E-state index is 0.819. The Morgan fingerprint density at radius 3 is 2.59 bits per heavy atom. The summed E-state index contributed by atoms with van der Waals surface area (Å²) >= 11 is 1.72. The highest BCUT2D eigenvalue weighted by atomic mass is 32.1. The monoisotopic (exact) mass is 249 g/mol. The molecule has 1 nitrogen and oxygen atoms in total. The van der Waals surface area contributed by atoms with Crippen LogP contribution in [-0.2, 0) is 0 Å². The molecule has 1 heterocycles. The maximum Gasteiger partial charge on any atom is 0.0901 e. The second-order valence-corrected chi connectivity index (χ2v) is 5.63. The van der Waals surface area contributed by atoms with Crippen molar-refractivity contribution in [3.05, 3.63) is 21.7 Å². The van der Waals surface area contributed by atoms with Crippen molar-refractivity contribution in [1.29, 1.82) is 0 Å². The number of nitrogens with zero attached hydrogens (tertiary/aromatic N) is 1. The Labute approximate surface area is 110 Å². The van der Waals surface area contributed by atoms with E-state index >= 15 is 0 Å². The Morgan fingerprint density at radius 1 is 1.47 bits per heavy atom. The van der Waals surface area contributed by atoms with Crippen molar-refractivity contribution in [2.24, 2.45) is 5.92 Å². The van der Waals surface area contributed by atoms with E-state index in [4.69, 9.17) is 0 Å². The van der Waals surface area contributed by atoms with Crippen LogP contribution < -0.4 is 0 Å². The van der Waals surface area contributed by atoms with Crippen LogP contribution in [0.1, 0.15) is 50.7 Å². The summed E-state index contributed by atoms with van der Waals surface area (Å²) in [6.07, 6.45) is 14.0. The summed E-state index contributed by atoms with van der Waals surface area (Å²) in [6.45, 7) is 8.82. The van der Waals surface area contributed by atoms with E-state index in [2.05, 4.69) is 57.0 Å². The first kappa shape index (κ1) is 15.9. The number of aryl methyl sites for hydroxylation is 1. The van der Waals surface area contributed by atoms with Gasteiger partial charge in [0.1, 0.15) is 0 Å². The van der Waals surface area contributed by atoms with Crippen molar-refractivity contribution < 1.29 is 0 Å². The van der Waals surface area contributed by atoms with Crippen molar-refractivity contribution in [3.63, 3.8) is 0 Å². The van der Waals surface area contributed by atoms with Crippen molar-refractivity contribution in [3.8, 4) is 12.8 Å². The topological polar surface area (TPSA) is 12.9 Å². The highest BCUT2D eigenvalue weighted by Crippen LogP contribution is 2.16. The first-order valence-electron chi connectivity index (χ1n) is 6.00. The number of rotatable bonds is 5. The molecule has 0 fully saturated rings. The van der Waals surface area contributed by atoms with Crippen LogP contribution in [0.2, 0.25) is 0 Å². The van der Waals surface area contributed by atoms with Crippen molar-refractivity contribution in [2.75, 3.05) is 0 Å². The smallest absolute Gasteiger partial charge is 0.0901 e. The number of terminal acetylenes is 1. The molecule has 0 aliphatic carbocycles. The lowest BCUT2D eigenvalue weighted by atomic mass is 10.0. The summed E-state index contributed by atoms with van der Waals surface area (Å²) in [6, 6.07) is 0. The molecule has 0 radical (unpaired) electrons. The Kier molecular flexibility index (Phi) is 8.44. The van der Waals surface area contributed by atoms with Gasteiger partial charge in [-0.3, -0.25) is 0 Å². The summed E-state index contributed by atoms with van der Waals surface area (Å²) < 4.78 is 0. The molecule has 0 atom stereocenters. The number of thiazole rings is 1. The standard InChI is InChI=1S/C13H21NS.C2H2/c1-10(2)6-5-7-11(3)8-13-9-15-12(4)14-13;1-2/h8-10H,5-7H2,1-4H3;1-2H/b11-8+;. The van der Waals surface area contributed by atoms with Gasteiger partial charge in [0.25, 0.3) is 0 Å². The molecule has 0 amide bonds. The van der Waals surface area contributed by atoms with Gasteiger partial charge in [-0.2, -0.15) is 0 Å². The summed E-state index contributed by atoms with van der Waals surface area (Å²) in [5, 5.41) is 3.28. The Balaban J connectivity index is 0.00000121. The quantitative estimate of drug-likeness (QED) is 0.674. The average Bonchev–Trinajstić information content (AvgIpc) is 2.66. The second-order valence-electron chi connectivity index (χ2n) is 4.57. The van der Waals surface area contributed by atoms with Gasteiger partial charge >= 0.3 is 0 Å². The molecule has 1 aromatic rings. The number of hydrogen-bond acceptors (Lipinski definition) is 2. The van der Waals surface area contributed by atoms with Crippen LogP contribution in [0.25, 0.3) is 6.08 Å². The molecule has 0 aromatic carbocycles. The van der Waals surface area contributed by atoms with Crippen LogP contribution in [0.3, 0.4) is 0 Å². The lowest BCUT2D eigenvalue weighted by molar-refractivity contribution is 0.555. The largest absolute Gasteiger partial charge is 0.242 e. The zero-order valence-electron chi connectivity index (χ0n) is 11.4. The Morgan fingerprint density at radius 2 is 2.12 bits per heavy atom. The maximum atomic E-state index is 4.44. The molecule has 2 heteroatoms. The summed E-state index contributed by atoms with van der Waals surface area (Å²) in [5.41, 5.74) is 2.57. The van der Waals surface area contributed by atoms with Gasteiger partial charge in [-0.05, 0) is 38.7 Å². The third kappa shape index (κ3) is 7.76. The summed E-state index contributed by atoms with van der Waals surface area (Å²) in [5.74, 6) is 0.819. The predicted molar refractivity (Wildman–Crippen MR) is 79.1 cm³/mol. The summed E-state index contributed by atoms with van der Waals surface area (Å²) in [4.78, 5) is 4.44. The van der Waals surface area contributed by atoms with Gasteiger partial charge in [-0.15, -0.1) is 24.2 Å². The molecule has 0 aliphatic heterocycles. The third-order valence-electron chi connectivity index (χ3n) is 2.38. The van der Waals surface area contributed by atoms with E-state index in [1.807, 2.05) is 0 Å². The van der Waals surface area contributed by atoms with Crippen molar-refractivity contribution in [1.82, 2.24) is 4.98 Å². The molecule has 0 aliphatic rings. The lowest BCUT2D eigenvalue weighted by Gasteiger charge is -2.03. The maximum absolute atomic E-state index is 4.44. The first-order chi connectivity index (χ1) is 8.08. The van der Waals surface area contributed by atoms with Gasteiger partial charge in [0.2, 0.25) is 0 Å². The second kappa shape index (κ2) is 9.01. The highest BCUT2D eigenvalue weighted by molar-refractivity contribution is 7.09. The van der Waals surface area contributed by atoms with Gasteiger partial charge in [0.15, 0.2) is 0 Å². The molecule has 0 saturated heterocycles. The average molecular weight is 249 g/mol. The molecule has 0 N–H and O–H groups in total. The Hall–Kier alpha value is -1.07. The van der Waals surface area contributed by atoms with E-state index in [0.29, 0.717) is 0 Å². The molecule has 0 bridgehead atoms. The molecular formula is C15H23NS. The molecule has 1 aromatic heterocycles. The number of hydrogen-bond donors (Lipinski definition) is 0. The van der Waals surface area contributed by atoms with Gasteiger partial charge in [0.05, 0.1) is 10.7 Å². The highest BCUT2D eigenvalue weighted by Gasteiger charge is 1.98. The fourth-order valence-electron chi connectivity index (χ4n) is 1.56. The van der Waals surface area contributed by atoms with Crippen LogP contribution in [0.5, 0.6) is 0 Å². The van der Waals surface area contributed by atoms with Gasteiger partial charge in [-0.1, -0.05) is 25.8 Å². The molecular weight excluding hydrogens is 226 g/mol. The minimum absolute atomic E-state index is 0.819. The van der Waals surface area contributed by atoms with E-state index in [1.165, 1.54) is 24.8 Å².